The lowest BCUT2D eigenvalue weighted by atomic mass is 9.69. The fraction of sp³-hybridized carbons (Fsp3) is 0.469. The molecule has 1 saturated carbocycles. The van der Waals surface area contributed by atoms with E-state index >= 15 is 0 Å². The van der Waals surface area contributed by atoms with Gasteiger partial charge in [-0.3, -0.25) is 4.79 Å². The number of hydrogen-bond donors (Lipinski definition) is 1. The lowest BCUT2D eigenvalue weighted by Gasteiger charge is -2.44. The molecule has 2 aromatic carbocycles. The molecule has 1 spiro atoms. The van der Waals surface area contributed by atoms with Crippen LogP contribution >= 0.6 is 11.6 Å². The summed E-state index contributed by atoms with van der Waals surface area (Å²) in [6.07, 6.45) is 11.4. The van der Waals surface area contributed by atoms with Crippen LogP contribution in [0.15, 0.2) is 61.7 Å². The SMILES string of the molecule is C=CCC[C@@H]1CC[C@H]1CN1C[C@@]2(CCCc3cc(Cl)ccc32)COc2ccc(C(=O)NS(=O)(=O)CCC=C)cc21. The van der Waals surface area contributed by atoms with Gasteiger partial charge in [-0.25, -0.2) is 13.1 Å². The van der Waals surface area contributed by atoms with Gasteiger partial charge in [0.25, 0.3) is 5.91 Å². The first kappa shape index (κ1) is 28.7. The number of anilines is 1. The highest BCUT2D eigenvalue weighted by Gasteiger charge is 2.43. The number of halogens is 1. The summed E-state index contributed by atoms with van der Waals surface area (Å²) < 4.78 is 33.6. The second-order valence-corrected chi connectivity index (χ2v) is 13.9. The molecule has 2 aliphatic carbocycles. The summed E-state index contributed by atoms with van der Waals surface area (Å²) >= 11 is 6.38. The molecular formula is C32H39ClN2O4S. The van der Waals surface area contributed by atoms with E-state index in [1.165, 1.54) is 30.0 Å². The smallest absolute Gasteiger partial charge is 0.264 e. The third kappa shape index (κ3) is 6.10. The van der Waals surface area contributed by atoms with Gasteiger partial charge in [0, 0.05) is 29.1 Å². The number of nitrogens with one attached hydrogen (secondary N) is 1. The van der Waals surface area contributed by atoms with Crippen molar-refractivity contribution < 1.29 is 17.9 Å². The van der Waals surface area contributed by atoms with Crippen LogP contribution in [0.1, 0.15) is 66.4 Å². The van der Waals surface area contributed by atoms with Gasteiger partial charge in [0.05, 0.1) is 18.0 Å². The molecule has 3 aliphatic rings. The van der Waals surface area contributed by atoms with Crippen molar-refractivity contribution in [3.8, 4) is 5.75 Å². The Morgan fingerprint density at radius 2 is 1.93 bits per heavy atom. The van der Waals surface area contributed by atoms with Gasteiger partial charge in [0.1, 0.15) is 5.75 Å². The molecule has 2 aromatic rings. The average Bonchev–Trinajstić information content (AvgIpc) is 3.07. The Balaban J connectivity index is 1.48. The van der Waals surface area contributed by atoms with Gasteiger partial charge in [0.2, 0.25) is 10.0 Å². The van der Waals surface area contributed by atoms with Gasteiger partial charge in [-0.05, 0) is 105 Å². The molecule has 1 amide bonds. The molecule has 1 fully saturated rings. The van der Waals surface area contributed by atoms with Crippen LogP contribution in [0, 0.1) is 11.8 Å². The number of allylic oxidation sites excluding steroid dienone is 2. The van der Waals surface area contributed by atoms with Crippen molar-refractivity contribution in [1.29, 1.82) is 0 Å². The van der Waals surface area contributed by atoms with Crippen molar-refractivity contribution in [2.24, 2.45) is 11.8 Å². The first-order chi connectivity index (χ1) is 19.2. The highest BCUT2D eigenvalue weighted by atomic mass is 35.5. The molecule has 3 atom stereocenters. The molecule has 40 heavy (non-hydrogen) atoms. The number of sulfonamides is 1. The highest BCUT2D eigenvalue weighted by molar-refractivity contribution is 7.90. The normalized spacial score (nSPS) is 23.7. The molecular weight excluding hydrogens is 544 g/mol. The zero-order chi connectivity index (χ0) is 28.3. The van der Waals surface area contributed by atoms with Crippen LogP contribution in [0.3, 0.4) is 0 Å². The summed E-state index contributed by atoms with van der Waals surface area (Å²) in [4.78, 5) is 15.5. The number of hydrogen-bond acceptors (Lipinski definition) is 5. The molecule has 0 bridgehead atoms. The van der Waals surface area contributed by atoms with Crippen molar-refractivity contribution in [3.63, 3.8) is 0 Å². The number of nitrogens with zero attached hydrogens (tertiary/aromatic N) is 1. The molecule has 1 N–H and O–H groups in total. The van der Waals surface area contributed by atoms with E-state index in [1.807, 2.05) is 18.2 Å². The summed E-state index contributed by atoms with van der Waals surface area (Å²) in [6, 6.07) is 11.5. The van der Waals surface area contributed by atoms with E-state index in [0.29, 0.717) is 24.0 Å². The van der Waals surface area contributed by atoms with Crippen LogP contribution < -0.4 is 14.4 Å². The fourth-order valence-electron chi connectivity index (χ4n) is 6.62. The lowest BCUT2D eigenvalue weighted by Crippen LogP contribution is -2.48. The molecule has 0 unspecified atom stereocenters. The maximum atomic E-state index is 13.1. The Kier molecular flexibility index (Phi) is 8.62. The molecule has 8 heteroatoms. The standard InChI is InChI=1S/C32H39ClN2O4S/c1-3-5-8-23-10-11-26(23)20-35-21-32(16-7-9-24-18-27(33)13-14-28(24)32)22-39-30-15-12-25(19-29(30)35)31(36)34-40(37,38)17-6-4-2/h3-4,12-15,18-19,23,26H,1-2,5-11,16-17,20-22H2,(H,34,36)/t23-,26+,32+/m1/s1. The number of amides is 1. The van der Waals surface area contributed by atoms with Crippen LogP contribution in [0.2, 0.25) is 5.02 Å². The van der Waals surface area contributed by atoms with Gasteiger partial charge in [-0.2, -0.15) is 0 Å². The number of fused-ring (bicyclic) bond motifs is 3. The molecule has 5 rings (SSSR count). The molecule has 0 aromatic heterocycles. The Labute approximate surface area is 243 Å². The first-order valence-corrected chi connectivity index (χ1v) is 16.3. The van der Waals surface area contributed by atoms with Gasteiger partial charge in [-0.15, -0.1) is 13.2 Å². The van der Waals surface area contributed by atoms with E-state index in [2.05, 4.69) is 34.9 Å². The Morgan fingerprint density at radius 3 is 2.67 bits per heavy atom. The van der Waals surface area contributed by atoms with Crippen molar-refractivity contribution in [2.45, 2.75) is 56.8 Å². The minimum atomic E-state index is -3.76. The maximum absolute atomic E-state index is 13.1. The third-order valence-corrected chi connectivity index (χ3v) is 10.4. The molecule has 0 saturated heterocycles. The minimum Gasteiger partial charge on any atom is -0.490 e. The van der Waals surface area contributed by atoms with E-state index in [9.17, 15) is 13.2 Å². The van der Waals surface area contributed by atoms with E-state index in [4.69, 9.17) is 16.3 Å². The zero-order valence-corrected chi connectivity index (χ0v) is 24.6. The second-order valence-electron chi connectivity index (χ2n) is 11.6. The second kappa shape index (κ2) is 12.0. The van der Waals surface area contributed by atoms with E-state index in [0.717, 1.165) is 61.7 Å². The fourth-order valence-corrected chi connectivity index (χ4v) is 7.79. The van der Waals surface area contributed by atoms with Gasteiger partial charge in [0.15, 0.2) is 0 Å². The summed E-state index contributed by atoms with van der Waals surface area (Å²) in [6.45, 7) is 9.65. The minimum absolute atomic E-state index is 0.178. The zero-order valence-electron chi connectivity index (χ0n) is 23.0. The monoisotopic (exact) mass is 582 g/mol. The molecule has 6 nitrogen and oxygen atoms in total. The maximum Gasteiger partial charge on any atom is 0.264 e. The van der Waals surface area contributed by atoms with E-state index in [-0.39, 0.29) is 17.6 Å². The van der Waals surface area contributed by atoms with Gasteiger partial charge < -0.3 is 9.64 Å². The molecule has 0 radical (unpaired) electrons. The van der Waals surface area contributed by atoms with E-state index < -0.39 is 15.9 Å². The van der Waals surface area contributed by atoms with Crippen molar-refractivity contribution >= 4 is 33.2 Å². The predicted molar refractivity (Wildman–Crippen MR) is 162 cm³/mol. The Hall–Kier alpha value is -2.77. The molecule has 1 heterocycles. The Morgan fingerprint density at radius 1 is 1.12 bits per heavy atom. The summed E-state index contributed by atoms with van der Waals surface area (Å²) in [7, 11) is -3.76. The third-order valence-electron chi connectivity index (χ3n) is 8.91. The number of carbonyl (C=O) groups excluding carboxylic acids is 1. The number of aryl methyl sites for hydroxylation is 1. The average molecular weight is 583 g/mol. The van der Waals surface area contributed by atoms with Crippen LogP contribution in [0.5, 0.6) is 5.75 Å². The van der Waals surface area contributed by atoms with Crippen LogP contribution in [0.4, 0.5) is 5.69 Å². The Bertz CT molecular complexity index is 1390. The van der Waals surface area contributed by atoms with Gasteiger partial charge >= 0.3 is 0 Å². The van der Waals surface area contributed by atoms with Crippen molar-refractivity contribution in [1.82, 2.24) is 4.72 Å². The van der Waals surface area contributed by atoms with Crippen LogP contribution in [0.25, 0.3) is 0 Å². The molecule has 1 aliphatic heterocycles. The topological polar surface area (TPSA) is 75.7 Å². The number of carbonyl (C=O) groups is 1. The van der Waals surface area contributed by atoms with E-state index in [1.54, 1.807) is 12.1 Å². The molecule has 214 valence electrons. The largest absolute Gasteiger partial charge is 0.490 e. The van der Waals surface area contributed by atoms with Crippen molar-refractivity contribution in [2.75, 3.05) is 30.3 Å². The van der Waals surface area contributed by atoms with Crippen LogP contribution in [-0.2, 0) is 21.9 Å². The lowest BCUT2D eigenvalue weighted by molar-refractivity contribution is 0.0981. The highest BCUT2D eigenvalue weighted by Crippen LogP contribution is 2.46. The number of rotatable bonds is 10. The number of ether oxygens (including phenoxy) is 1. The summed E-state index contributed by atoms with van der Waals surface area (Å²) in [5.41, 5.74) is 3.53. The summed E-state index contributed by atoms with van der Waals surface area (Å²) in [5, 5.41) is 0.753. The van der Waals surface area contributed by atoms with Crippen LogP contribution in [-0.4, -0.2) is 39.8 Å². The number of benzene rings is 2. The summed E-state index contributed by atoms with van der Waals surface area (Å²) in [5.74, 6) is 1.12. The van der Waals surface area contributed by atoms with Crippen molar-refractivity contribution in [3.05, 3.63) is 83.4 Å². The predicted octanol–water partition coefficient (Wildman–Crippen LogP) is 6.44. The quantitative estimate of drug-likeness (QED) is 0.326. The van der Waals surface area contributed by atoms with Gasteiger partial charge in [-0.1, -0.05) is 29.8 Å². The first-order valence-electron chi connectivity index (χ1n) is 14.3.